The van der Waals surface area contributed by atoms with E-state index in [2.05, 4.69) is 20.9 Å². The first kappa shape index (κ1) is 25.2. The molecule has 5 rings (SSSR count). The summed E-state index contributed by atoms with van der Waals surface area (Å²) < 4.78 is 13.2. The van der Waals surface area contributed by atoms with Gasteiger partial charge in [-0.25, -0.2) is 9.79 Å². The van der Waals surface area contributed by atoms with E-state index in [9.17, 15) is 14.4 Å². The number of esters is 1. The molecule has 0 fully saturated rings. The molecule has 2 aromatic carbocycles. The Morgan fingerprint density at radius 2 is 1.86 bits per heavy atom. The van der Waals surface area contributed by atoms with Crippen LogP contribution in [0.1, 0.15) is 37.9 Å². The lowest BCUT2D eigenvalue weighted by atomic mass is 9.96. The first-order valence-electron chi connectivity index (χ1n) is 11.8. The van der Waals surface area contributed by atoms with Gasteiger partial charge in [0.1, 0.15) is 10.3 Å². The summed E-state index contributed by atoms with van der Waals surface area (Å²) in [4.78, 5) is 47.4. The van der Waals surface area contributed by atoms with Crippen molar-refractivity contribution in [1.29, 1.82) is 0 Å². The molecule has 0 spiro atoms. The van der Waals surface area contributed by atoms with Crippen LogP contribution < -0.4 is 24.5 Å². The number of allylic oxidation sites excluding steroid dienone is 1. The van der Waals surface area contributed by atoms with Crippen molar-refractivity contribution in [1.82, 2.24) is 4.57 Å². The maximum absolute atomic E-state index is 14.1. The van der Waals surface area contributed by atoms with Crippen molar-refractivity contribution in [2.24, 2.45) is 4.99 Å². The third-order valence-electron chi connectivity index (χ3n) is 6.45. The van der Waals surface area contributed by atoms with Crippen molar-refractivity contribution >= 4 is 50.4 Å². The number of hydrogen-bond donors (Lipinski definition) is 0. The molecule has 0 aliphatic carbocycles. The number of thiazole rings is 1. The highest BCUT2D eigenvalue weighted by Gasteiger charge is 2.37. The molecule has 3 heterocycles. The van der Waals surface area contributed by atoms with E-state index in [-0.39, 0.29) is 28.2 Å². The minimum absolute atomic E-state index is 0.187. The SMILES string of the molecule is CCOC(=O)C1=C(C)N=c2s/c(=C3/C(=O)N(CC)c4ccc(Br)cc43)c(=O)n2[C@H]1c1ccc(OC)cc1. The summed E-state index contributed by atoms with van der Waals surface area (Å²) in [5, 5.41) is 0. The lowest BCUT2D eigenvalue weighted by Gasteiger charge is -2.24. The second-order valence-corrected chi connectivity index (χ2v) is 10.4. The number of aromatic nitrogens is 1. The van der Waals surface area contributed by atoms with Gasteiger partial charge in [0, 0.05) is 16.6 Å². The number of ether oxygens (including phenoxy) is 2. The number of carbonyl (C=O) groups is 2. The lowest BCUT2D eigenvalue weighted by molar-refractivity contribution is -0.139. The standard InChI is InChI=1S/C27H24BrN3O5S/c1-5-30-19-12-9-16(28)13-18(19)21(24(30)32)23-25(33)31-22(15-7-10-17(35-4)11-8-15)20(26(34)36-6-2)14(3)29-27(31)37-23/h7-13,22H,5-6H2,1-4H3/b23-21+/t22-/m0/s1. The number of methoxy groups -OCH3 is 1. The summed E-state index contributed by atoms with van der Waals surface area (Å²) >= 11 is 4.65. The molecule has 1 aromatic heterocycles. The van der Waals surface area contributed by atoms with Crippen LogP contribution in [0.25, 0.3) is 5.57 Å². The predicted molar refractivity (Wildman–Crippen MR) is 145 cm³/mol. The molecule has 10 heteroatoms. The molecule has 0 unspecified atom stereocenters. The van der Waals surface area contributed by atoms with E-state index in [0.717, 1.165) is 21.5 Å². The number of anilines is 1. The molecule has 3 aromatic rings. The first-order valence-corrected chi connectivity index (χ1v) is 13.4. The van der Waals surface area contributed by atoms with Gasteiger partial charge in [-0.1, -0.05) is 39.4 Å². The van der Waals surface area contributed by atoms with Crippen molar-refractivity contribution in [3.8, 4) is 5.75 Å². The number of halogens is 1. The minimum Gasteiger partial charge on any atom is -0.497 e. The number of hydrogen-bond acceptors (Lipinski definition) is 7. The highest BCUT2D eigenvalue weighted by atomic mass is 79.9. The zero-order valence-corrected chi connectivity index (χ0v) is 23.1. The third-order valence-corrected chi connectivity index (χ3v) is 7.99. The van der Waals surface area contributed by atoms with Crippen molar-refractivity contribution in [2.75, 3.05) is 25.2 Å². The highest BCUT2D eigenvalue weighted by molar-refractivity contribution is 9.10. The largest absolute Gasteiger partial charge is 0.497 e. The zero-order chi connectivity index (χ0) is 26.4. The van der Waals surface area contributed by atoms with Crippen molar-refractivity contribution in [3.63, 3.8) is 0 Å². The number of amides is 1. The van der Waals surface area contributed by atoms with Crippen LogP contribution in [0.3, 0.4) is 0 Å². The predicted octanol–water partition coefficient (Wildman–Crippen LogP) is 3.31. The van der Waals surface area contributed by atoms with Gasteiger partial charge in [0.25, 0.3) is 11.5 Å². The maximum Gasteiger partial charge on any atom is 0.338 e. The summed E-state index contributed by atoms with van der Waals surface area (Å²) in [5.41, 5.74) is 2.85. The fourth-order valence-corrected chi connectivity index (χ4v) is 6.28. The molecule has 0 bridgehead atoms. The Bertz CT molecular complexity index is 1650. The van der Waals surface area contributed by atoms with Crippen LogP contribution in [-0.4, -0.2) is 36.7 Å². The van der Waals surface area contributed by atoms with Crippen LogP contribution in [0.5, 0.6) is 5.75 Å². The molecule has 0 radical (unpaired) electrons. The molecule has 1 atom stereocenters. The van der Waals surface area contributed by atoms with E-state index < -0.39 is 12.0 Å². The normalized spacial score (nSPS) is 17.9. The molecule has 2 aliphatic heterocycles. The van der Waals surface area contributed by atoms with E-state index in [1.54, 1.807) is 38.0 Å². The van der Waals surface area contributed by atoms with Crippen LogP contribution in [0.4, 0.5) is 5.69 Å². The average Bonchev–Trinajstić information content (AvgIpc) is 3.34. The van der Waals surface area contributed by atoms with E-state index in [1.165, 1.54) is 4.57 Å². The van der Waals surface area contributed by atoms with Crippen molar-refractivity contribution < 1.29 is 19.1 Å². The molecule has 0 saturated carbocycles. The summed E-state index contributed by atoms with van der Waals surface area (Å²) in [7, 11) is 1.57. The lowest BCUT2D eigenvalue weighted by Crippen LogP contribution is -2.41. The van der Waals surface area contributed by atoms with Gasteiger partial charge in [0.2, 0.25) is 0 Å². The molecule has 1 amide bonds. The van der Waals surface area contributed by atoms with Crippen LogP contribution in [0.15, 0.2) is 68.0 Å². The van der Waals surface area contributed by atoms with Crippen LogP contribution in [0, 0.1) is 0 Å². The van der Waals surface area contributed by atoms with Gasteiger partial charge in [-0.15, -0.1) is 0 Å². The third kappa shape index (κ3) is 4.04. The number of rotatable bonds is 5. The molecule has 190 valence electrons. The van der Waals surface area contributed by atoms with Gasteiger partial charge in [0.15, 0.2) is 4.80 Å². The fourth-order valence-electron chi connectivity index (χ4n) is 4.78. The topological polar surface area (TPSA) is 90.2 Å². The van der Waals surface area contributed by atoms with Gasteiger partial charge in [-0.3, -0.25) is 14.2 Å². The molecular weight excluding hydrogens is 558 g/mol. The summed E-state index contributed by atoms with van der Waals surface area (Å²) in [6.45, 7) is 6.01. The number of carbonyl (C=O) groups excluding carboxylic acids is 2. The van der Waals surface area contributed by atoms with E-state index >= 15 is 0 Å². The van der Waals surface area contributed by atoms with E-state index in [1.807, 2.05) is 37.3 Å². The van der Waals surface area contributed by atoms with Gasteiger partial charge in [-0.2, -0.15) is 0 Å². The van der Waals surface area contributed by atoms with Gasteiger partial charge in [-0.05, 0) is 56.7 Å². The molecule has 37 heavy (non-hydrogen) atoms. The second-order valence-electron chi connectivity index (χ2n) is 8.48. The van der Waals surface area contributed by atoms with Gasteiger partial charge < -0.3 is 14.4 Å². The zero-order valence-electron chi connectivity index (χ0n) is 20.7. The fraction of sp³-hybridized carbons (Fsp3) is 0.259. The van der Waals surface area contributed by atoms with Gasteiger partial charge >= 0.3 is 5.97 Å². The molecular formula is C27H24BrN3O5S. The Balaban J connectivity index is 1.82. The van der Waals surface area contributed by atoms with Crippen molar-refractivity contribution in [2.45, 2.75) is 26.8 Å². The number of fused-ring (bicyclic) bond motifs is 2. The molecule has 8 nitrogen and oxygen atoms in total. The monoisotopic (exact) mass is 581 g/mol. The Morgan fingerprint density at radius 3 is 2.51 bits per heavy atom. The Labute approximate surface area is 225 Å². The summed E-state index contributed by atoms with van der Waals surface area (Å²) in [6.07, 6.45) is 0. The summed E-state index contributed by atoms with van der Waals surface area (Å²) in [5.74, 6) is -0.121. The molecule has 0 saturated heterocycles. The van der Waals surface area contributed by atoms with Crippen molar-refractivity contribution in [3.05, 3.63) is 89.0 Å². The van der Waals surface area contributed by atoms with Gasteiger partial charge in [0.05, 0.1) is 42.3 Å². The number of benzene rings is 2. The van der Waals surface area contributed by atoms with Crippen LogP contribution in [0.2, 0.25) is 0 Å². The Morgan fingerprint density at radius 1 is 1.14 bits per heavy atom. The minimum atomic E-state index is -0.767. The Hall–Kier alpha value is -3.50. The van der Waals surface area contributed by atoms with E-state index in [4.69, 9.17) is 9.47 Å². The molecule has 2 aliphatic rings. The van der Waals surface area contributed by atoms with E-state index in [0.29, 0.717) is 39.5 Å². The van der Waals surface area contributed by atoms with Crippen LogP contribution >= 0.6 is 27.3 Å². The highest BCUT2D eigenvalue weighted by Crippen LogP contribution is 2.37. The first-order chi connectivity index (χ1) is 17.8. The molecule has 0 N–H and O–H groups in total. The Kier molecular flexibility index (Phi) is 6.63. The smallest absolute Gasteiger partial charge is 0.338 e. The maximum atomic E-state index is 14.1. The number of likely N-dealkylation sites (N-methyl/N-ethyl adjacent to an activating group) is 1. The quantitative estimate of drug-likeness (QED) is 0.431. The van der Waals surface area contributed by atoms with Crippen LogP contribution in [-0.2, 0) is 14.3 Å². The number of nitrogens with zero attached hydrogens (tertiary/aromatic N) is 3. The second kappa shape index (κ2) is 9.75. The average molecular weight is 582 g/mol. The summed E-state index contributed by atoms with van der Waals surface area (Å²) in [6, 6.07) is 12.0.